The van der Waals surface area contributed by atoms with Crippen LogP contribution in [0, 0.1) is 5.82 Å². The summed E-state index contributed by atoms with van der Waals surface area (Å²) in [6.45, 7) is 2.91. The SMILES string of the molecule is Fc1ccccc1N1CCN(c2cc(Oc3cccc(Cl)c3)ncn2)CC1. The predicted octanol–water partition coefficient (Wildman–Crippen LogP) is 4.39. The summed E-state index contributed by atoms with van der Waals surface area (Å²) in [5.74, 6) is 1.68. The summed E-state index contributed by atoms with van der Waals surface area (Å²) in [4.78, 5) is 12.7. The lowest BCUT2D eigenvalue weighted by molar-refractivity contribution is 0.461. The largest absolute Gasteiger partial charge is 0.439 e. The lowest BCUT2D eigenvalue weighted by atomic mass is 10.2. The van der Waals surface area contributed by atoms with Gasteiger partial charge in [0, 0.05) is 37.3 Å². The van der Waals surface area contributed by atoms with E-state index in [1.54, 1.807) is 24.3 Å². The second kappa shape index (κ2) is 7.80. The molecule has 0 radical (unpaired) electrons. The Morgan fingerprint density at radius 2 is 1.67 bits per heavy atom. The Morgan fingerprint density at radius 1 is 0.889 bits per heavy atom. The summed E-state index contributed by atoms with van der Waals surface area (Å²) in [6, 6.07) is 15.8. The first kappa shape index (κ1) is 17.5. The smallest absolute Gasteiger partial charge is 0.224 e. The first-order chi connectivity index (χ1) is 13.2. The van der Waals surface area contributed by atoms with Crippen LogP contribution in [0.5, 0.6) is 11.6 Å². The molecule has 1 saturated heterocycles. The molecular formula is C20H18ClFN4O. The van der Waals surface area contributed by atoms with Crippen molar-refractivity contribution in [1.29, 1.82) is 0 Å². The van der Waals surface area contributed by atoms with Crippen molar-refractivity contribution in [1.82, 2.24) is 9.97 Å². The Bertz CT molecular complexity index is 931. The fraction of sp³-hybridized carbons (Fsp3) is 0.200. The number of para-hydroxylation sites is 1. The number of rotatable bonds is 4. The van der Waals surface area contributed by atoms with Gasteiger partial charge in [0.05, 0.1) is 5.69 Å². The molecule has 0 N–H and O–H groups in total. The van der Waals surface area contributed by atoms with E-state index in [0.29, 0.717) is 22.3 Å². The van der Waals surface area contributed by atoms with Crippen LogP contribution in [0.4, 0.5) is 15.9 Å². The van der Waals surface area contributed by atoms with E-state index in [2.05, 4.69) is 19.8 Å². The second-order valence-corrected chi connectivity index (χ2v) is 6.64. The molecule has 0 spiro atoms. The number of ether oxygens (including phenoxy) is 1. The van der Waals surface area contributed by atoms with Crippen LogP contribution >= 0.6 is 11.6 Å². The highest BCUT2D eigenvalue weighted by atomic mass is 35.5. The zero-order valence-electron chi connectivity index (χ0n) is 14.6. The minimum Gasteiger partial charge on any atom is -0.439 e. The summed E-state index contributed by atoms with van der Waals surface area (Å²) < 4.78 is 19.8. The average Bonchev–Trinajstić information content (AvgIpc) is 2.69. The highest BCUT2D eigenvalue weighted by molar-refractivity contribution is 6.30. The fourth-order valence-electron chi connectivity index (χ4n) is 3.09. The molecule has 0 unspecified atom stereocenters. The molecule has 4 rings (SSSR count). The number of benzene rings is 2. The lowest BCUT2D eigenvalue weighted by Gasteiger charge is -2.36. The van der Waals surface area contributed by atoms with Crippen molar-refractivity contribution < 1.29 is 9.13 Å². The molecular weight excluding hydrogens is 367 g/mol. The van der Waals surface area contributed by atoms with E-state index in [0.717, 1.165) is 32.0 Å². The number of piperazine rings is 1. The quantitative estimate of drug-likeness (QED) is 0.667. The van der Waals surface area contributed by atoms with Crippen LogP contribution in [0.25, 0.3) is 0 Å². The predicted molar refractivity (Wildman–Crippen MR) is 104 cm³/mol. The highest BCUT2D eigenvalue weighted by Crippen LogP contribution is 2.26. The maximum absolute atomic E-state index is 14.0. The molecule has 27 heavy (non-hydrogen) atoms. The summed E-state index contributed by atoms with van der Waals surface area (Å²) in [7, 11) is 0. The van der Waals surface area contributed by atoms with Gasteiger partial charge in [-0.1, -0.05) is 29.8 Å². The van der Waals surface area contributed by atoms with E-state index in [9.17, 15) is 4.39 Å². The molecule has 0 amide bonds. The van der Waals surface area contributed by atoms with Crippen LogP contribution in [-0.2, 0) is 0 Å². The van der Waals surface area contributed by atoms with Crippen molar-refractivity contribution in [3.8, 4) is 11.6 Å². The molecule has 0 saturated carbocycles. The zero-order chi connectivity index (χ0) is 18.6. The molecule has 0 bridgehead atoms. The third-order valence-electron chi connectivity index (χ3n) is 4.44. The molecule has 5 nitrogen and oxygen atoms in total. The topological polar surface area (TPSA) is 41.5 Å². The van der Waals surface area contributed by atoms with Crippen molar-refractivity contribution in [2.45, 2.75) is 0 Å². The van der Waals surface area contributed by atoms with Gasteiger partial charge in [-0.25, -0.2) is 14.4 Å². The molecule has 1 aliphatic heterocycles. The van der Waals surface area contributed by atoms with Gasteiger partial charge in [0.15, 0.2) is 0 Å². The number of nitrogens with zero attached hydrogens (tertiary/aromatic N) is 4. The van der Waals surface area contributed by atoms with Gasteiger partial charge in [-0.05, 0) is 30.3 Å². The average molecular weight is 385 g/mol. The van der Waals surface area contributed by atoms with Crippen LogP contribution in [0.2, 0.25) is 5.02 Å². The monoisotopic (exact) mass is 384 g/mol. The van der Waals surface area contributed by atoms with Gasteiger partial charge in [0.1, 0.15) is 23.7 Å². The normalized spacial score (nSPS) is 14.3. The van der Waals surface area contributed by atoms with Gasteiger partial charge >= 0.3 is 0 Å². The Balaban J connectivity index is 1.43. The molecule has 0 atom stereocenters. The van der Waals surface area contributed by atoms with Crippen molar-refractivity contribution >= 4 is 23.1 Å². The van der Waals surface area contributed by atoms with Gasteiger partial charge in [0.25, 0.3) is 0 Å². The number of hydrogen-bond acceptors (Lipinski definition) is 5. The van der Waals surface area contributed by atoms with Gasteiger partial charge in [-0.15, -0.1) is 0 Å². The van der Waals surface area contributed by atoms with Crippen molar-refractivity contribution in [2.75, 3.05) is 36.0 Å². The summed E-state index contributed by atoms with van der Waals surface area (Å²) in [5.41, 5.74) is 0.643. The lowest BCUT2D eigenvalue weighted by Crippen LogP contribution is -2.47. The standard InChI is InChI=1S/C20H18ClFN4O/c21-15-4-3-5-16(12-15)27-20-13-19(23-14-24-20)26-10-8-25(9-11-26)18-7-2-1-6-17(18)22/h1-7,12-14H,8-11H2. The zero-order valence-corrected chi connectivity index (χ0v) is 15.3. The van der Waals surface area contributed by atoms with Crippen molar-refractivity contribution in [3.05, 3.63) is 71.8 Å². The molecule has 3 aromatic rings. The molecule has 7 heteroatoms. The van der Waals surface area contributed by atoms with Gasteiger partial charge in [-0.3, -0.25) is 0 Å². The second-order valence-electron chi connectivity index (χ2n) is 6.20. The molecule has 2 heterocycles. The summed E-state index contributed by atoms with van der Waals surface area (Å²) in [5, 5.41) is 0.603. The molecule has 1 aromatic heterocycles. The van der Waals surface area contributed by atoms with Crippen LogP contribution in [0.15, 0.2) is 60.9 Å². The highest BCUT2D eigenvalue weighted by Gasteiger charge is 2.20. The van der Waals surface area contributed by atoms with E-state index >= 15 is 0 Å². The fourth-order valence-corrected chi connectivity index (χ4v) is 3.27. The molecule has 138 valence electrons. The van der Waals surface area contributed by atoms with E-state index in [1.165, 1.54) is 12.4 Å². The maximum Gasteiger partial charge on any atom is 0.224 e. The van der Waals surface area contributed by atoms with E-state index in [1.807, 2.05) is 24.3 Å². The van der Waals surface area contributed by atoms with E-state index in [-0.39, 0.29) is 5.82 Å². The first-order valence-corrected chi connectivity index (χ1v) is 9.07. The minimum absolute atomic E-state index is 0.190. The van der Waals surface area contributed by atoms with Crippen molar-refractivity contribution in [3.63, 3.8) is 0 Å². The minimum atomic E-state index is -0.190. The molecule has 1 fully saturated rings. The van der Waals surface area contributed by atoms with Crippen LogP contribution in [0.3, 0.4) is 0 Å². The Kier molecular flexibility index (Phi) is 5.07. The first-order valence-electron chi connectivity index (χ1n) is 8.69. The van der Waals surface area contributed by atoms with Crippen LogP contribution in [0.1, 0.15) is 0 Å². The maximum atomic E-state index is 14.0. The number of hydrogen-bond donors (Lipinski definition) is 0. The van der Waals surface area contributed by atoms with Crippen LogP contribution in [-0.4, -0.2) is 36.1 Å². The Labute approximate surface area is 162 Å². The summed E-state index contributed by atoms with van der Waals surface area (Å²) >= 11 is 5.99. The Hall–Kier alpha value is -2.86. The molecule has 0 aliphatic carbocycles. The van der Waals surface area contributed by atoms with Crippen LogP contribution < -0.4 is 14.5 Å². The summed E-state index contributed by atoms with van der Waals surface area (Å²) in [6.07, 6.45) is 1.48. The van der Waals surface area contributed by atoms with Crippen molar-refractivity contribution in [2.24, 2.45) is 0 Å². The molecule has 1 aliphatic rings. The third kappa shape index (κ3) is 4.11. The van der Waals surface area contributed by atoms with Gasteiger partial charge < -0.3 is 14.5 Å². The number of halogens is 2. The molecule has 2 aromatic carbocycles. The third-order valence-corrected chi connectivity index (χ3v) is 4.68. The Morgan fingerprint density at radius 3 is 2.44 bits per heavy atom. The van der Waals surface area contributed by atoms with Gasteiger partial charge in [0.2, 0.25) is 5.88 Å². The number of anilines is 2. The van der Waals surface area contributed by atoms with E-state index in [4.69, 9.17) is 16.3 Å². The number of aromatic nitrogens is 2. The van der Waals surface area contributed by atoms with E-state index < -0.39 is 0 Å². The van der Waals surface area contributed by atoms with Gasteiger partial charge in [-0.2, -0.15) is 0 Å².